The second-order valence-electron chi connectivity index (χ2n) is 5.56. The van der Waals surface area contributed by atoms with Crippen LogP contribution >= 0.6 is 0 Å². The van der Waals surface area contributed by atoms with Crippen LogP contribution in [0.5, 0.6) is 0 Å². The van der Waals surface area contributed by atoms with Crippen LogP contribution in [-0.4, -0.2) is 23.8 Å². The average Bonchev–Trinajstić information content (AvgIpc) is 3.06. The van der Waals surface area contributed by atoms with E-state index in [9.17, 15) is 9.59 Å². The predicted octanol–water partition coefficient (Wildman–Crippen LogP) is 2.04. The molecule has 1 spiro atoms. The number of hydrogen-bond acceptors (Lipinski definition) is 4. The molecule has 4 nitrogen and oxygen atoms in total. The van der Waals surface area contributed by atoms with Gasteiger partial charge in [0, 0.05) is 11.6 Å². The summed E-state index contributed by atoms with van der Waals surface area (Å²) in [6, 6.07) is 1.81. The standard InChI is InChI=1S/C15H13NO3/c1-19-14(18)8-4-11-13(16-7-8)12(17)5-9-2-3-10-6-15(9,10)11/h4-5,7,10H,2-3,6H2,1H3/t10-,15?/m0/s1. The van der Waals surface area contributed by atoms with Crippen molar-refractivity contribution >= 4 is 11.8 Å². The van der Waals surface area contributed by atoms with Crippen LogP contribution in [0.1, 0.15) is 45.7 Å². The van der Waals surface area contributed by atoms with Crippen LogP contribution in [0.4, 0.5) is 0 Å². The SMILES string of the molecule is COC(=O)c1cnc2c(c1)C13C[C@@H]1CCC3=CC2=O. The average molecular weight is 255 g/mol. The molecule has 0 N–H and O–H groups in total. The van der Waals surface area contributed by atoms with Gasteiger partial charge in [0.05, 0.1) is 12.7 Å². The topological polar surface area (TPSA) is 56.3 Å². The van der Waals surface area contributed by atoms with Crippen molar-refractivity contribution in [2.45, 2.75) is 24.7 Å². The van der Waals surface area contributed by atoms with Crippen molar-refractivity contribution in [3.05, 3.63) is 40.7 Å². The van der Waals surface area contributed by atoms with Crippen LogP contribution in [0.3, 0.4) is 0 Å². The van der Waals surface area contributed by atoms with Crippen LogP contribution in [-0.2, 0) is 10.2 Å². The molecule has 1 heterocycles. The third kappa shape index (κ3) is 1.21. The Labute approximate surface area is 110 Å². The Hall–Kier alpha value is -1.97. The van der Waals surface area contributed by atoms with Crippen LogP contribution in [0.15, 0.2) is 23.9 Å². The summed E-state index contributed by atoms with van der Waals surface area (Å²) < 4.78 is 4.73. The fourth-order valence-electron chi connectivity index (χ4n) is 3.79. The molecule has 3 aliphatic carbocycles. The van der Waals surface area contributed by atoms with Crippen LogP contribution in [0.2, 0.25) is 0 Å². The molecule has 2 fully saturated rings. The molecule has 2 atom stereocenters. The van der Waals surface area contributed by atoms with Crippen molar-refractivity contribution in [2.24, 2.45) is 5.92 Å². The predicted molar refractivity (Wildman–Crippen MR) is 67.0 cm³/mol. The van der Waals surface area contributed by atoms with Crippen LogP contribution < -0.4 is 0 Å². The summed E-state index contributed by atoms with van der Waals surface area (Å²) in [7, 11) is 1.35. The Morgan fingerprint density at radius 2 is 2.37 bits per heavy atom. The minimum Gasteiger partial charge on any atom is -0.465 e. The first-order valence-corrected chi connectivity index (χ1v) is 6.51. The first kappa shape index (κ1) is 10.9. The largest absolute Gasteiger partial charge is 0.465 e. The maximum Gasteiger partial charge on any atom is 0.339 e. The van der Waals surface area contributed by atoms with Crippen molar-refractivity contribution in [2.75, 3.05) is 7.11 Å². The molecule has 0 radical (unpaired) electrons. The summed E-state index contributed by atoms with van der Waals surface area (Å²) in [5.41, 5.74) is 3.14. The minimum absolute atomic E-state index is 0.0142. The highest BCUT2D eigenvalue weighted by molar-refractivity contribution is 6.07. The number of nitrogens with zero attached hydrogens (tertiary/aromatic N) is 1. The molecule has 19 heavy (non-hydrogen) atoms. The fourth-order valence-corrected chi connectivity index (χ4v) is 3.79. The van der Waals surface area contributed by atoms with Gasteiger partial charge in [-0.25, -0.2) is 4.79 Å². The normalized spacial score (nSPS) is 30.1. The summed E-state index contributed by atoms with van der Waals surface area (Å²) in [6.07, 6.45) is 6.43. The van der Waals surface area contributed by atoms with E-state index in [0.29, 0.717) is 17.2 Å². The van der Waals surface area contributed by atoms with Crippen molar-refractivity contribution in [3.63, 3.8) is 0 Å². The van der Waals surface area contributed by atoms with Crippen LogP contribution in [0, 0.1) is 5.92 Å². The zero-order valence-corrected chi connectivity index (χ0v) is 10.6. The lowest BCUT2D eigenvalue weighted by Gasteiger charge is -2.23. The minimum atomic E-state index is -0.398. The second kappa shape index (κ2) is 3.32. The van der Waals surface area contributed by atoms with Gasteiger partial charge >= 0.3 is 5.97 Å². The Morgan fingerprint density at radius 1 is 1.53 bits per heavy atom. The first-order valence-electron chi connectivity index (χ1n) is 6.51. The molecule has 3 aliphatic rings. The van der Waals surface area contributed by atoms with E-state index in [4.69, 9.17) is 4.74 Å². The van der Waals surface area contributed by atoms with Crippen molar-refractivity contribution in [1.29, 1.82) is 0 Å². The summed E-state index contributed by atoms with van der Waals surface area (Å²) in [4.78, 5) is 27.9. The Balaban J connectivity index is 1.92. The summed E-state index contributed by atoms with van der Waals surface area (Å²) >= 11 is 0. The maximum absolute atomic E-state index is 12.1. The number of carbonyl (C=O) groups excluding carboxylic acids is 2. The number of allylic oxidation sites excluding steroid dienone is 2. The molecule has 1 aromatic heterocycles. The zero-order valence-electron chi connectivity index (χ0n) is 10.6. The van der Waals surface area contributed by atoms with E-state index in [0.717, 1.165) is 24.8 Å². The molecule has 1 aromatic rings. The monoisotopic (exact) mass is 255 g/mol. The van der Waals surface area contributed by atoms with E-state index in [1.807, 2.05) is 6.07 Å². The Morgan fingerprint density at radius 3 is 3.11 bits per heavy atom. The van der Waals surface area contributed by atoms with E-state index in [-0.39, 0.29) is 11.2 Å². The first-order chi connectivity index (χ1) is 9.16. The Bertz CT molecular complexity index is 661. The smallest absolute Gasteiger partial charge is 0.339 e. The number of ether oxygens (including phenoxy) is 1. The highest BCUT2D eigenvalue weighted by Gasteiger charge is 2.63. The van der Waals surface area contributed by atoms with Gasteiger partial charge in [-0.3, -0.25) is 9.78 Å². The molecule has 0 aliphatic heterocycles. The molecule has 0 aromatic carbocycles. The number of hydrogen-bond donors (Lipinski definition) is 0. The van der Waals surface area contributed by atoms with Gasteiger partial charge in [0.1, 0.15) is 5.69 Å². The molecule has 4 heteroatoms. The van der Waals surface area contributed by atoms with Gasteiger partial charge in [-0.2, -0.15) is 0 Å². The van der Waals surface area contributed by atoms with E-state index in [1.54, 1.807) is 6.08 Å². The number of rotatable bonds is 1. The van der Waals surface area contributed by atoms with Crippen molar-refractivity contribution in [3.8, 4) is 0 Å². The number of fused-ring (bicyclic) bond motifs is 1. The van der Waals surface area contributed by atoms with Gasteiger partial charge in [0.2, 0.25) is 5.78 Å². The van der Waals surface area contributed by atoms with Gasteiger partial charge in [0.15, 0.2) is 0 Å². The number of carbonyl (C=O) groups is 2. The molecule has 2 saturated carbocycles. The number of aromatic nitrogens is 1. The third-order valence-electron chi connectivity index (χ3n) is 4.77. The van der Waals surface area contributed by atoms with Crippen molar-refractivity contribution < 1.29 is 14.3 Å². The van der Waals surface area contributed by atoms with Gasteiger partial charge in [0.25, 0.3) is 0 Å². The molecule has 1 unspecified atom stereocenters. The number of methoxy groups -OCH3 is 1. The zero-order chi connectivity index (χ0) is 13.2. The number of ketones is 1. The molecular weight excluding hydrogens is 242 g/mol. The lowest BCUT2D eigenvalue weighted by atomic mass is 9.81. The highest BCUT2D eigenvalue weighted by Crippen LogP contribution is 2.68. The van der Waals surface area contributed by atoms with E-state index >= 15 is 0 Å². The van der Waals surface area contributed by atoms with Gasteiger partial charge in [-0.15, -0.1) is 0 Å². The van der Waals surface area contributed by atoms with Gasteiger partial charge in [-0.1, -0.05) is 5.57 Å². The van der Waals surface area contributed by atoms with Crippen molar-refractivity contribution in [1.82, 2.24) is 4.98 Å². The second-order valence-corrected chi connectivity index (χ2v) is 5.56. The molecular formula is C15H13NO3. The number of pyridine rings is 1. The summed E-state index contributed by atoms with van der Waals surface area (Å²) in [5.74, 6) is 0.199. The number of esters is 1. The Kier molecular flexibility index (Phi) is 1.91. The van der Waals surface area contributed by atoms with E-state index < -0.39 is 5.97 Å². The van der Waals surface area contributed by atoms with Gasteiger partial charge < -0.3 is 4.74 Å². The van der Waals surface area contributed by atoms with E-state index in [1.165, 1.54) is 18.9 Å². The molecule has 96 valence electrons. The maximum atomic E-state index is 12.1. The highest BCUT2D eigenvalue weighted by atomic mass is 16.5. The molecule has 4 rings (SSSR count). The summed E-state index contributed by atoms with van der Waals surface area (Å²) in [5, 5.41) is 0. The fraction of sp³-hybridized carbons (Fsp3) is 0.400. The lowest BCUT2D eigenvalue weighted by molar-refractivity contribution is 0.0599. The third-order valence-corrected chi connectivity index (χ3v) is 4.77. The van der Waals surface area contributed by atoms with Crippen LogP contribution in [0.25, 0.3) is 0 Å². The molecule has 0 bridgehead atoms. The quantitative estimate of drug-likeness (QED) is 0.721. The lowest BCUT2D eigenvalue weighted by Crippen LogP contribution is -2.22. The molecule has 0 saturated heterocycles. The van der Waals surface area contributed by atoms with E-state index in [2.05, 4.69) is 4.98 Å². The molecule has 0 amide bonds. The summed E-state index contributed by atoms with van der Waals surface area (Å²) in [6.45, 7) is 0. The van der Waals surface area contributed by atoms with Gasteiger partial charge in [-0.05, 0) is 42.9 Å².